The summed E-state index contributed by atoms with van der Waals surface area (Å²) in [5.41, 5.74) is -0.468. The summed E-state index contributed by atoms with van der Waals surface area (Å²) in [7, 11) is 2.43. The molecular weight excluding hydrogens is 800 g/mol. The predicted molar refractivity (Wildman–Crippen MR) is 194 cm³/mol. The highest BCUT2D eigenvalue weighted by Gasteiger charge is 2.77. The van der Waals surface area contributed by atoms with Crippen molar-refractivity contribution in [1.82, 2.24) is 9.80 Å². The summed E-state index contributed by atoms with van der Waals surface area (Å²) in [6, 6.07) is 11.9. The van der Waals surface area contributed by atoms with E-state index < -0.39 is 110 Å². The minimum absolute atomic E-state index is 0.000967. The molecule has 300 valence electrons. The Balaban J connectivity index is 1.22. The molecule has 8 rings (SSSR count). The van der Waals surface area contributed by atoms with Gasteiger partial charge in [-0.05, 0) is 54.9 Å². The Hall–Kier alpha value is -4.73. The lowest BCUT2D eigenvalue weighted by Gasteiger charge is -2.50. The van der Waals surface area contributed by atoms with Crippen molar-refractivity contribution in [2.24, 2.45) is 17.8 Å². The summed E-state index contributed by atoms with van der Waals surface area (Å²) in [5.74, 6) is -22.0. The zero-order chi connectivity index (χ0) is 40.9. The molecule has 57 heavy (non-hydrogen) atoms. The molecule has 10 nitrogen and oxygen atoms in total. The van der Waals surface area contributed by atoms with Gasteiger partial charge in [0.1, 0.15) is 5.69 Å². The number of ether oxygens (including phenoxy) is 2. The second-order valence-corrected chi connectivity index (χ2v) is 16.2. The van der Waals surface area contributed by atoms with Crippen molar-refractivity contribution in [3.05, 3.63) is 94.3 Å². The molecule has 1 saturated carbocycles. The van der Waals surface area contributed by atoms with E-state index in [4.69, 9.17) is 32.7 Å². The molecule has 3 aromatic rings. The van der Waals surface area contributed by atoms with E-state index in [0.29, 0.717) is 32.5 Å². The van der Waals surface area contributed by atoms with Crippen molar-refractivity contribution in [2.45, 2.75) is 53.9 Å². The summed E-state index contributed by atoms with van der Waals surface area (Å²) in [6.07, 6.45) is 1.97. The van der Waals surface area contributed by atoms with Crippen molar-refractivity contribution in [3.8, 4) is 17.2 Å². The summed E-state index contributed by atoms with van der Waals surface area (Å²) >= 11 is 14.5. The Morgan fingerprint density at radius 2 is 1.39 bits per heavy atom. The number of nitrogens with zero attached hydrogens (tertiary/aromatic N) is 3. The molecule has 3 aromatic carbocycles. The molecular formula is C40H34Cl2F5N3O7. The van der Waals surface area contributed by atoms with E-state index in [0.717, 1.165) is 5.56 Å². The van der Waals surface area contributed by atoms with Gasteiger partial charge in [-0.25, -0.2) is 26.9 Å². The van der Waals surface area contributed by atoms with Crippen LogP contribution in [0.2, 0.25) is 0 Å². The Bertz CT molecular complexity index is 2220. The number of methoxy groups -OCH3 is 2. The minimum Gasteiger partial charge on any atom is -0.502 e. The molecule has 1 N–H and O–H groups in total. The third kappa shape index (κ3) is 5.51. The van der Waals surface area contributed by atoms with Crippen molar-refractivity contribution < 1.29 is 55.7 Å². The van der Waals surface area contributed by atoms with Gasteiger partial charge in [0.05, 0.1) is 26.1 Å². The number of piperidine rings is 1. The minimum atomic E-state index is -2.75. The molecule has 0 unspecified atom stereocenters. The molecule has 3 aliphatic heterocycles. The van der Waals surface area contributed by atoms with Gasteiger partial charge in [0, 0.05) is 31.6 Å². The predicted octanol–water partition coefficient (Wildman–Crippen LogP) is 6.33. The van der Waals surface area contributed by atoms with Crippen LogP contribution in [0, 0.1) is 46.8 Å². The second kappa shape index (κ2) is 14.0. The van der Waals surface area contributed by atoms with Crippen LogP contribution in [0.3, 0.4) is 0 Å². The van der Waals surface area contributed by atoms with Crippen LogP contribution in [0.4, 0.5) is 27.6 Å². The van der Waals surface area contributed by atoms with Crippen LogP contribution >= 0.6 is 23.2 Å². The smallest absolute Gasteiger partial charge is 0.258 e. The molecule has 4 amide bonds. The summed E-state index contributed by atoms with van der Waals surface area (Å²) in [6.45, 7) is 1.90. The number of fused-ring (bicyclic) bond motifs is 4. The molecule has 0 spiro atoms. The number of likely N-dealkylation sites (tertiary alicyclic amines) is 2. The fourth-order valence-corrected chi connectivity index (χ4v) is 10.5. The number of hydrogen-bond acceptors (Lipinski definition) is 8. The van der Waals surface area contributed by atoms with Gasteiger partial charge in [-0.2, -0.15) is 0 Å². The van der Waals surface area contributed by atoms with Gasteiger partial charge in [-0.1, -0.05) is 42.0 Å². The van der Waals surface area contributed by atoms with Gasteiger partial charge in [0.2, 0.25) is 23.4 Å². The topological polar surface area (TPSA) is 117 Å². The maximum atomic E-state index is 15.4. The number of phenols is 1. The van der Waals surface area contributed by atoms with Crippen LogP contribution in [0.1, 0.15) is 42.7 Å². The average molecular weight is 835 g/mol. The monoisotopic (exact) mass is 833 g/mol. The number of halogens is 7. The number of aromatic hydroxyl groups is 1. The Morgan fingerprint density at radius 3 is 1.96 bits per heavy atom. The van der Waals surface area contributed by atoms with Crippen LogP contribution in [0.5, 0.6) is 17.2 Å². The molecule has 0 aromatic heterocycles. The van der Waals surface area contributed by atoms with Crippen LogP contribution in [-0.2, 0) is 25.7 Å². The lowest BCUT2D eigenvalue weighted by atomic mass is 9.56. The number of allylic oxidation sites excluding steroid dienone is 2. The molecule has 17 heteroatoms. The van der Waals surface area contributed by atoms with Gasteiger partial charge in [0.15, 0.2) is 44.5 Å². The zero-order valence-electron chi connectivity index (χ0n) is 30.3. The summed E-state index contributed by atoms with van der Waals surface area (Å²) in [4.78, 5) is 55.7. The first-order valence-corrected chi connectivity index (χ1v) is 18.9. The maximum absolute atomic E-state index is 15.4. The number of phenolic OH excluding ortho intramolecular Hbond substituents is 1. The first-order valence-electron chi connectivity index (χ1n) is 18.2. The molecule has 6 atom stereocenters. The number of imide groups is 2. The zero-order valence-corrected chi connectivity index (χ0v) is 31.9. The molecule has 5 aliphatic rings. The average Bonchev–Trinajstić information content (AvgIpc) is 3.55. The maximum Gasteiger partial charge on any atom is 0.258 e. The molecule has 0 bridgehead atoms. The fourth-order valence-electron chi connectivity index (χ4n) is 9.58. The lowest BCUT2D eigenvalue weighted by molar-refractivity contribution is -0.144. The highest BCUT2D eigenvalue weighted by atomic mass is 35.5. The summed E-state index contributed by atoms with van der Waals surface area (Å²) in [5, 5.41) is 10.8. The van der Waals surface area contributed by atoms with Gasteiger partial charge >= 0.3 is 0 Å². The van der Waals surface area contributed by atoms with Crippen LogP contribution in [0.15, 0.2) is 54.1 Å². The van der Waals surface area contributed by atoms with E-state index in [-0.39, 0.29) is 34.0 Å². The first kappa shape index (κ1) is 39.1. The third-order valence-corrected chi connectivity index (χ3v) is 13.7. The SMILES string of the molecule is COc1cc([C@H]2C3=CC[C@@H]4C(=O)N(C5CCN(Cc6ccccc6)CC5)C(=O)[C@@H]4[C@@H]3C[C@@]3(Cl)C(=O)N(c4c(F)c(F)c(F)c(F)c4F)C(=O)[C@@]23Cl)cc(OC)c1O. The van der Waals surface area contributed by atoms with Gasteiger partial charge in [0.25, 0.3) is 11.8 Å². The van der Waals surface area contributed by atoms with Gasteiger partial charge in [-0.15, -0.1) is 23.2 Å². The Labute approximate surface area is 332 Å². The van der Waals surface area contributed by atoms with E-state index >= 15 is 8.78 Å². The number of rotatable bonds is 7. The van der Waals surface area contributed by atoms with Crippen molar-refractivity contribution in [2.75, 3.05) is 32.2 Å². The standard InChI is InChI=1S/C40H34Cl2F5N3O7/c1-56-24-14-19(15-25(57-2)34(24)51)27-21-8-9-22-26(36(53)49(35(22)52)20-10-12-48(13-11-20)17-18-6-4-3-5-7-18)23(21)16-39(41)37(54)50(38(55)40(27,39)42)33-31(46)29(44)28(43)30(45)32(33)47/h3-8,14-15,20,22-23,26-27,51H,9-13,16-17H2,1-2H3/t22-,23+,26-,27-,39+,40-/m0/s1. The van der Waals surface area contributed by atoms with Crippen molar-refractivity contribution in [3.63, 3.8) is 0 Å². The fraction of sp³-hybridized carbons (Fsp3) is 0.400. The largest absolute Gasteiger partial charge is 0.502 e. The van der Waals surface area contributed by atoms with E-state index in [9.17, 15) is 37.5 Å². The van der Waals surface area contributed by atoms with E-state index in [2.05, 4.69) is 4.90 Å². The number of carbonyl (C=O) groups is 4. The van der Waals surface area contributed by atoms with Gasteiger partial charge in [-0.3, -0.25) is 29.0 Å². The van der Waals surface area contributed by atoms with Crippen LogP contribution < -0.4 is 14.4 Å². The molecule has 0 radical (unpaired) electrons. The Morgan fingerprint density at radius 1 is 0.807 bits per heavy atom. The Kier molecular flexibility index (Phi) is 9.59. The number of alkyl halides is 2. The summed E-state index contributed by atoms with van der Waals surface area (Å²) < 4.78 is 84.8. The highest BCUT2D eigenvalue weighted by Crippen LogP contribution is 2.66. The lowest BCUT2D eigenvalue weighted by Crippen LogP contribution is -2.60. The first-order chi connectivity index (χ1) is 27.1. The molecule has 3 saturated heterocycles. The van der Waals surface area contributed by atoms with E-state index in [1.165, 1.54) is 31.3 Å². The third-order valence-electron chi connectivity index (χ3n) is 12.3. The highest BCUT2D eigenvalue weighted by molar-refractivity contribution is 6.58. The van der Waals surface area contributed by atoms with Crippen molar-refractivity contribution in [1.29, 1.82) is 0 Å². The number of hydrogen-bond donors (Lipinski definition) is 1. The van der Waals surface area contributed by atoms with Crippen molar-refractivity contribution >= 4 is 52.5 Å². The molecule has 2 aliphatic carbocycles. The van der Waals surface area contributed by atoms with Crippen LogP contribution in [0.25, 0.3) is 0 Å². The second-order valence-electron chi connectivity index (χ2n) is 15.0. The quantitative estimate of drug-likeness (QED) is 0.0734. The number of benzene rings is 3. The number of anilines is 1. The molecule has 3 heterocycles. The normalized spacial score (nSPS) is 29.0. The number of amides is 4. The number of carbonyl (C=O) groups excluding carboxylic acids is 4. The van der Waals surface area contributed by atoms with Gasteiger partial charge < -0.3 is 14.6 Å². The molecule has 4 fully saturated rings. The van der Waals surface area contributed by atoms with E-state index in [1.807, 2.05) is 30.3 Å². The van der Waals surface area contributed by atoms with E-state index in [1.54, 1.807) is 6.08 Å². The van der Waals surface area contributed by atoms with Crippen LogP contribution in [-0.4, -0.2) is 81.6 Å².